The van der Waals surface area contributed by atoms with Crippen LogP contribution in [0.3, 0.4) is 0 Å². The van der Waals surface area contributed by atoms with Crippen molar-refractivity contribution in [2.45, 2.75) is 84.4 Å². The van der Waals surface area contributed by atoms with Crippen molar-refractivity contribution in [3.8, 4) is 0 Å². The SMILES string of the molecule is CCC(C)CC(C)NC1CCOC(C)(CC)C1. The highest BCUT2D eigenvalue weighted by Crippen LogP contribution is 2.28. The molecule has 2 nitrogen and oxygen atoms in total. The smallest absolute Gasteiger partial charge is 0.0666 e. The van der Waals surface area contributed by atoms with Crippen LogP contribution in [0, 0.1) is 5.92 Å². The Morgan fingerprint density at radius 3 is 2.65 bits per heavy atom. The van der Waals surface area contributed by atoms with Crippen molar-refractivity contribution in [2.24, 2.45) is 5.92 Å². The van der Waals surface area contributed by atoms with Gasteiger partial charge in [-0.3, -0.25) is 0 Å². The van der Waals surface area contributed by atoms with E-state index in [0.29, 0.717) is 12.1 Å². The Morgan fingerprint density at radius 1 is 1.35 bits per heavy atom. The van der Waals surface area contributed by atoms with Crippen LogP contribution in [-0.2, 0) is 4.74 Å². The summed E-state index contributed by atoms with van der Waals surface area (Å²) >= 11 is 0. The maximum Gasteiger partial charge on any atom is 0.0666 e. The van der Waals surface area contributed by atoms with Gasteiger partial charge in [0.1, 0.15) is 0 Å². The van der Waals surface area contributed by atoms with Crippen LogP contribution in [0.1, 0.15) is 66.7 Å². The minimum atomic E-state index is 0.103. The standard InChI is InChI=1S/C15H31NO/c1-6-12(3)10-13(4)16-14-8-9-17-15(5,7-2)11-14/h12-14,16H,6-11H2,1-5H3. The maximum atomic E-state index is 5.89. The highest BCUT2D eigenvalue weighted by atomic mass is 16.5. The fourth-order valence-electron chi connectivity index (χ4n) is 2.76. The normalized spacial score (nSPS) is 33.4. The number of ether oxygens (including phenoxy) is 1. The summed E-state index contributed by atoms with van der Waals surface area (Å²) in [4.78, 5) is 0. The first kappa shape index (κ1) is 15.0. The lowest BCUT2D eigenvalue weighted by molar-refractivity contribution is -0.0791. The van der Waals surface area contributed by atoms with Gasteiger partial charge in [0.15, 0.2) is 0 Å². The summed E-state index contributed by atoms with van der Waals surface area (Å²) in [5.74, 6) is 0.829. The van der Waals surface area contributed by atoms with Gasteiger partial charge in [-0.15, -0.1) is 0 Å². The van der Waals surface area contributed by atoms with Crippen molar-refractivity contribution < 1.29 is 4.74 Å². The summed E-state index contributed by atoms with van der Waals surface area (Å²) in [6.07, 6.45) is 6.02. The zero-order chi connectivity index (χ0) is 12.9. The topological polar surface area (TPSA) is 21.3 Å². The quantitative estimate of drug-likeness (QED) is 0.764. The molecule has 0 bridgehead atoms. The molecular weight excluding hydrogens is 210 g/mol. The molecule has 1 rings (SSSR count). The molecule has 17 heavy (non-hydrogen) atoms. The van der Waals surface area contributed by atoms with Gasteiger partial charge < -0.3 is 10.1 Å². The number of nitrogens with one attached hydrogen (secondary N) is 1. The third kappa shape index (κ3) is 4.97. The second-order valence-corrected chi connectivity index (χ2v) is 6.16. The molecule has 4 atom stereocenters. The van der Waals surface area contributed by atoms with Gasteiger partial charge in [0, 0.05) is 18.7 Å². The van der Waals surface area contributed by atoms with Crippen LogP contribution in [0.15, 0.2) is 0 Å². The Balaban J connectivity index is 2.35. The molecule has 4 unspecified atom stereocenters. The van der Waals surface area contributed by atoms with Crippen LogP contribution in [0.4, 0.5) is 0 Å². The van der Waals surface area contributed by atoms with Gasteiger partial charge in [-0.25, -0.2) is 0 Å². The number of rotatable bonds is 6. The Labute approximate surface area is 108 Å². The van der Waals surface area contributed by atoms with E-state index in [1.54, 1.807) is 0 Å². The van der Waals surface area contributed by atoms with E-state index < -0.39 is 0 Å². The maximum absolute atomic E-state index is 5.89. The zero-order valence-corrected chi connectivity index (χ0v) is 12.4. The molecule has 0 amide bonds. The van der Waals surface area contributed by atoms with Gasteiger partial charge in [-0.05, 0) is 45.4 Å². The van der Waals surface area contributed by atoms with Crippen molar-refractivity contribution in [3.05, 3.63) is 0 Å². The molecule has 1 aliphatic rings. The van der Waals surface area contributed by atoms with Crippen LogP contribution in [-0.4, -0.2) is 24.3 Å². The lowest BCUT2D eigenvalue weighted by Gasteiger charge is -2.39. The van der Waals surface area contributed by atoms with E-state index >= 15 is 0 Å². The van der Waals surface area contributed by atoms with Gasteiger partial charge in [-0.2, -0.15) is 0 Å². The van der Waals surface area contributed by atoms with E-state index in [2.05, 4.69) is 39.9 Å². The van der Waals surface area contributed by atoms with Gasteiger partial charge in [0.05, 0.1) is 5.60 Å². The molecule has 1 saturated heterocycles. The molecule has 0 aromatic carbocycles. The highest BCUT2D eigenvalue weighted by molar-refractivity contribution is 4.86. The van der Waals surface area contributed by atoms with Crippen LogP contribution >= 0.6 is 0 Å². The summed E-state index contributed by atoms with van der Waals surface area (Å²) in [5, 5.41) is 3.79. The van der Waals surface area contributed by atoms with Crippen LogP contribution < -0.4 is 5.32 Å². The summed E-state index contributed by atoms with van der Waals surface area (Å²) < 4.78 is 5.89. The molecule has 0 aromatic heterocycles. The largest absolute Gasteiger partial charge is 0.375 e. The van der Waals surface area contributed by atoms with Gasteiger partial charge in [0.25, 0.3) is 0 Å². The Kier molecular flexibility index (Phi) is 5.94. The predicted octanol–water partition coefficient (Wildman–Crippen LogP) is 3.75. The molecule has 0 aliphatic carbocycles. The molecule has 0 radical (unpaired) electrons. The van der Waals surface area contributed by atoms with Gasteiger partial charge >= 0.3 is 0 Å². The van der Waals surface area contributed by atoms with Gasteiger partial charge in [-0.1, -0.05) is 27.2 Å². The molecule has 102 valence electrons. The van der Waals surface area contributed by atoms with Crippen molar-refractivity contribution in [2.75, 3.05) is 6.61 Å². The lowest BCUT2D eigenvalue weighted by Crippen LogP contribution is -2.47. The van der Waals surface area contributed by atoms with Crippen LogP contribution in [0.5, 0.6) is 0 Å². The first-order chi connectivity index (χ1) is 7.99. The van der Waals surface area contributed by atoms with Crippen molar-refractivity contribution >= 4 is 0 Å². The first-order valence-electron chi connectivity index (χ1n) is 7.39. The summed E-state index contributed by atoms with van der Waals surface area (Å²) in [6, 6.07) is 1.28. The Bertz CT molecular complexity index is 219. The Morgan fingerprint density at radius 2 is 2.06 bits per heavy atom. The molecule has 1 N–H and O–H groups in total. The minimum Gasteiger partial charge on any atom is -0.375 e. The van der Waals surface area contributed by atoms with E-state index in [9.17, 15) is 0 Å². The van der Waals surface area contributed by atoms with E-state index in [0.717, 1.165) is 25.4 Å². The molecule has 0 aromatic rings. The fourth-order valence-corrected chi connectivity index (χ4v) is 2.76. The van der Waals surface area contributed by atoms with E-state index in [-0.39, 0.29) is 5.60 Å². The van der Waals surface area contributed by atoms with E-state index in [1.807, 2.05) is 0 Å². The molecule has 1 aliphatic heterocycles. The van der Waals surface area contributed by atoms with Crippen molar-refractivity contribution in [3.63, 3.8) is 0 Å². The van der Waals surface area contributed by atoms with Crippen LogP contribution in [0.2, 0.25) is 0 Å². The molecule has 1 heterocycles. The molecular formula is C15H31NO. The molecule has 0 saturated carbocycles. The van der Waals surface area contributed by atoms with E-state index in [4.69, 9.17) is 4.74 Å². The number of hydrogen-bond donors (Lipinski definition) is 1. The molecule has 2 heteroatoms. The second-order valence-electron chi connectivity index (χ2n) is 6.16. The third-order valence-electron chi connectivity index (χ3n) is 4.32. The summed E-state index contributed by atoms with van der Waals surface area (Å²) in [5.41, 5.74) is 0.103. The first-order valence-corrected chi connectivity index (χ1v) is 7.39. The molecule has 0 spiro atoms. The Hall–Kier alpha value is -0.0800. The second kappa shape index (κ2) is 6.75. The lowest BCUT2D eigenvalue weighted by atomic mass is 9.89. The summed E-state index contributed by atoms with van der Waals surface area (Å²) in [6.45, 7) is 12.3. The predicted molar refractivity (Wildman–Crippen MR) is 74.3 cm³/mol. The highest BCUT2D eigenvalue weighted by Gasteiger charge is 2.31. The van der Waals surface area contributed by atoms with Crippen LogP contribution in [0.25, 0.3) is 0 Å². The monoisotopic (exact) mass is 241 g/mol. The average Bonchev–Trinajstić information content (AvgIpc) is 2.28. The van der Waals surface area contributed by atoms with Crippen molar-refractivity contribution in [1.29, 1.82) is 0 Å². The van der Waals surface area contributed by atoms with Crippen molar-refractivity contribution in [1.82, 2.24) is 5.32 Å². The zero-order valence-electron chi connectivity index (χ0n) is 12.4. The fraction of sp³-hybridized carbons (Fsp3) is 1.00. The average molecular weight is 241 g/mol. The minimum absolute atomic E-state index is 0.103. The summed E-state index contributed by atoms with van der Waals surface area (Å²) in [7, 11) is 0. The third-order valence-corrected chi connectivity index (χ3v) is 4.32. The number of hydrogen-bond acceptors (Lipinski definition) is 2. The van der Waals surface area contributed by atoms with Gasteiger partial charge in [0.2, 0.25) is 0 Å². The molecule has 1 fully saturated rings. The van der Waals surface area contributed by atoms with E-state index in [1.165, 1.54) is 19.3 Å².